The van der Waals surface area contributed by atoms with Crippen LogP contribution < -0.4 is 10.2 Å². The predicted molar refractivity (Wildman–Crippen MR) is 126 cm³/mol. The predicted octanol–water partition coefficient (Wildman–Crippen LogP) is 3.81. The lowest BCUT2D eigenvalue weighted by molar-refractivity contribution is -0.120. The summed E-state index contributed by atoms with van der Waals surface area (Å²) in [5.41, 5.74) is 4.28. The first-order valence-corrected chi connectivity index (χ1v) is 12.4. The number of aromatic nitrogens is 3. The zero-order chi connectivity index (χ0) is 22.4. The highest BCUT2D eigenvalue weighted by Gasteiger charge is 2.30. The molecule has 2 amide bonds. The number of amides is 2. The van der Waals surface area contributed by atoms with Crippen molar-refractivity contribution < 1.29 is 14.3 Å². The van der Waals surface area contributed by atoms with Gasteiger partial charge in [-0.15, -0.1) is 0 Å². The van der Waals surface area contributed by atoms with Gasteiger partial charge in [0.25, 0.3) is 0 Å². The Kier molecular flexibility index (Phi) is 5.30. The molecule has 9 heteroatoms. The molecule has 1 N–H and O–H groups in total. The number of ether oxygens (including phenoxy) is 1. The van der Waals surface area contributed by atoms with Crippen LogP contribution in [0.1, 0.15) is 37.8 Å². The van der Waals surface area contributed by atoms with E-state index < -0.39 is 0 Å². The van der Waals surface area contributed by atoms with Crippen LogP contribution in [0.4, 0.5) is 10.8 Å². The molecule has 2 fully saturated rings. The largest absolute Gasteiger partial charge is 0.381 e. The van der Waals surface area contributed by atoms with Crippen LogP contribution in [0.2, 0.25) is 0 Å². The maximum atomic E-state index is 13.0. The second kappa shape index (κ2) is 8.46. The van der Waals surface area contributed by atoms with E-state index >= 15 is 0 Å². The third-order valence-corrected chi connectivity index (χ3v) is 7.53. The minimum atomic E-state index is 0.0441. The summed E-state index contributed by atoms with van der Waals surface area (Å²) in [4.78, 5) is 41.7. The van der Waals surface area contributed by atoms with Gasteiger partial charge in [-0.3, -0.25) is 14.6 Å². The van der Waals surface area contributed by atoms with Crippen molar-refractivity contribution in [2.24, 2.45) is 11.8 Å². The third-order valence-electron chi connectivity index (χ3n) is 6.65. The van der Waals surface area contributed by atoms with Gasteiger partial charge in [0, 0.05) is 50.3 Å². The monoisotopic (exact) mass is 463 g/mol. The van der Waals surface area contributed by atoms with E-state index in [1.807, 2.05) is 29.3 Å². The molecule has 1 saturated carbocycles. The number of anilines is 2. The van der Waals surface area contributed by atoms with Crippen molar-refractivity contribution >= 4 is 44.3 Å². The number of thiazole rings is 1. The van der Waals surface area contributed by atoms with Gasteiger partial charge in [0.1, 0.15) is 10.3 Å². The summed E-state index contributed by atoms with van der Waals surface area (Å²) in [5.74, 6) is 0.746. The molecule has 1 saturated heterocycles. The average molecular weight is 464 g/mol. The SMILES string of the molecule is O=C(Nc1nc2ccc(-c3cnc4c(c3)N(C(=O)CC3CCOCC3)CC4)nc2s1)C1CC1. The zero-order valence-corrected chi connectivity index (χ0v) is 19.1. The number of nitrogens with one attached hydrogen (secondary N) is 1. The van der Waals surface area contributed by atoms with Crippen LogP contribution in [-0.4, -0.2) is 46.5 Å². The van der Waals surface area contributed by atoms with E-state index in [0.29, 0.717) is 24.0 Å². The Morgan fingerprint density at radius 1 is 1.15 bits per heavy atom. The molecule has 0 radical (unpaired) electrons. The number of carbonyl (C=O) groups excluding carboxylic acids is 2. The standard InChI is InChI=1S/C24H25N5O3S/c30-21(11-14-6-9-32-10-7-14)29-8-5-18-20(29)12-16(13-25-18)17-3-4-19-23(26-17)33-24(27-19)28-22(31)15-1-2-15/h3-4,12-15H,1-2,5-11H2,(H,27,28,31). The smallest absolute Gasteiger partial charge is 0.229 e. The molecule has 0 spiro atoms. The van der Waals surface area contributed by atoms with Gasteiger partial charge in [0.15, 0.2) is 5.13 Å². The quantitative estimate of drug-likeness (QED) is 0.618. The topological polar surface area (TPSA) is 97.3 Å². The molecule has 170 valence electrons. The number of rotatable bonds is 5. The summed E-state index contributed by atoms with van der Waals surface area (Å²) < 4.78 is 5.43. The van der Waals surface area contributed by atoms with E-state index in [-0.39, 0.29) is 17.7 Å². The van der Waals surface area contributed by atoms with Crippen molar-refractivity contribution in [1.82, 2.24) is 15.0 Å². The first-order chi connectivity index (χ1) is 16.1. The number of nitrogens with zero attached hydrogens (tertiary/aromatic N) is 4. The lowest BCUT2D eigenvalue weighted by Gasteiger charge is -2.24. The Labute approximate surface area is 195 Å². The van der Waals surface area contributed by atoms with Gasteiger partial charge in [-0.05, 0) is 49.8 Å². The number of hydrogen-bond donors (Lipinski definition) is 1. The fourth-order valence-corrected chi connectivity index (χ4v) is 5.38. The third kappa shape index (κ3) is 4.22. The van der Waals surface area contributed by atoms with Gasteiger partial charge in [0.05, 0.1) is 17.1 Å². The highest BCUT2D eigenvalue weighted by Crippen LogP contribution is 2.35. The molecule has 33 heavy (non-hydrogen) atoms. The highest BCUT2D eigenvalue weighted by molar-refractivity contribution is 7.22. The van der Waals surface area contributed by atoms with E-state index in [1.54, 1.807) is 0 Å². The Hall–Kier alpha value is -2.91. The maximum Gasteiger partial charge on any atom is 0.229 e. The summed E-state index contributed by atoms with van der Waals surface area (Å²) >= 11 is 1.38. The molecule has 2 aliphatic heterocycles. The fraction of sp³-hybridized carbons (Fsp3) is 0.458. The molecule has 1 aliphatic carbocycles. The van der Waals surface area contributed by atoms with E-state index in [0.717, 1.165) is 78.3 Å². The van der Waals surface area contributed by atoms with Crippen molar-refractivity contribution in [2.45, 2.75) is 38.5 Å². The van der Waals surface area contributed by atoms with Crippen molar-refractivity contribution in [3.8, 4) is 11.3 Å². The lowest BCUT2D eigenvalue weighted by Crippen LogP contribution is -2.32. The molecular formula is C24H25N5O3S. The second-order valence-corrected chi connectivity index (χ2v) is 10.0. The average Bonchev–Trinajstić information content (AvgIpc) is 3.48. The molecule has 0 bridgehead atoms. The molecule has 0 atom stereocenters. The normalized spacial score (nSPS) is 18.5. The molecule has 5 heterocycles. The van der Waals surface area contributed by atoms with Crippen molar-refractivity contribution in [1.29, 1.82) is 0 Å². The summed E-state index contributed by atoms with van der Waals surface area (Å²) in [6.07, 6.45) is 6.99. The van der Waals surface area contributed by atoms with Gasteiger partial charge in [-0.25, -0.2) is 9.97 Å². The Morgan fingerprint density at radius 2 is 2.00 bits per heavy atom. The first kappa shape index (κ1) is 20.7. The zero-order valence-electron chi connectivity index (χ0n) is 18.2. The molecule has 0 unspecified atom stereocenters. The van der Waals surface area contributed by atoms with Crippen molar-refractivity contribution in [3.05, 3.63) is 30.1 Å². The molecule has 6 rings (SSSR count). The second-order valence-electron chi connectivity index (χ2n) is 9.05. The van der Waals surface area contributed by atoms with Crippen LogP contribution in [0.5, 0.6) is 0 Å². The van der Waals surface area contributed by atoms with E-state index in [9.17, 15) is 9.59 Å². The number of fused-ring (bicyclic) bond motifs is 2. The van der Waals surface area contributed by atoms with E-state index in [4.69, 9.17) is 9.72 Å². The molecule has 8 nitrogen and oxygen atoms in total. The molecule has 3 aliphatic rings. The van der Waals surface area contributed by atoms with Crippen molar-refractivity contribution in [3.63, 3.8) is 0 Å². The highest BCUT2D eigenvalue weighted by atomic mass is 32.1. The van der Waals surface area contributed by atoms with E-state index in [2.05, 4.69) is 15.3 Å². The number of pyridine rings is 2. The molecular weight excluding hydrogens is 438 g/mol. The molecule has 3 aromatic rings. The Morgan fingerprint density at radius 3 is 2.82 bits per heavy atom. The maximum absolute atomic E-state index is 13.0. The van der Waals surface area contributed by atoms with Gasteiger partial charge in [0.2, 0.25) is 11.8 Å². The van der Waals surface area contributed by atoms with Crippen LogP contribution in [0.25, 0.3) is 21.6 Å². The van der Waals surface area contributed by atoms with Gasteiger partial charge in [-0.2, -0.15) is 0 Å². The summed E-state index contributed by atoms with van der Waals surface area (Å²) in [5, 5.41) is 3.49. The van der Waals surface area contributed by atoms with Crippen LogP contribution >= 0.6 is 11.3 Å². The molecule has 0 aromatic carbocycles. The van der Waals surface area contributed by atoms with Crippen LogP contribution in [0.15, 0.2) is 24.4 Å². The van der Waals surface area contributed by atoms with Crippen LogP contribution in [-0.2, 0) is 20.7 Å². The van der Waals surface area contributed by atoms with Crippen molar-refractivity contribution in [2.75, 3.05) is 30.0 Å². The summed E-state index contributed by atoms with van der Waals surface area (Å²) in [6, 6.07) is 5.87. The minimum Gasteiger partial charge on any atom is -0.381 e. The first-order valence-electron chi connectivity index (χ1n) is 11.6. The Balaban J connectivity index is 1.23. The van der Waals surface area contributed by atoms with Crippen LogP contribution in [0, 0.1) is 11.8 Å². The Bertz CT molecular complexity index is 1230. The number of carbonyl (C=O) groups is 2. The number of hydrogen-bond acceptors (Lipinski definition) is 7. The van der Waals surface area contributed by atoms with Gasteiger partial charge < -0.3 is 15.0 Å². The molecule has 3 aromatic heterocycles. The van der Waals surface area contributed by atoms with E-state index in [1.165, 1.54) is 11.3 Å². The van der Waals surface area contributed by atoms with Crippen LogP contribution in [0.3, 0.4) is 0 Å². The lowest BCUT2D eigenvalue weighted by atomic mass is 9.96. The van der Waals surface area contributed by atoms with Gasteiger partial charge in [-0.1, -0.05) is 11.3 Å². The summed E-state index contributed by atoms with van der Waals surface area (Å²) in [7, 11) is 0. The van der Waals surface area contributed by atoms with Gasteiger partial charge >= 0.3 is 0 Å². The summed E-state index contributed by atoms with van der Waals surface area (Å²) in [6.45, 7) is 2.18. The fourth-order valence-electron chi connectivity index (χ4n) is 4.54. The minimum absolute atomic E-state index is 0.0441.